The van der Waals surface area contributed by atoms with Crippen molar-refractivity contribution >= 4 is 11.7 Å². The third-order valence-electron chi connectivity index (χ3n) is 3.88. The van der Waals surface area contributed by atoms with Gasteiger partial charge in [0.25, 0.3) is 5.91 Å². The minimum Gasteiger partial charge on any atom is -0.503 e. The van der Waals surface area contributed by atoms with E-state index in [9.17, 15) is 14.7 Å². The number of amides is 1. The number of nitrogens with zero attached hydrogens (tertiary/aromatic N) is 1. The molecule has 124 valence electrons. The number of Topliss-reactive ketones (excluding diaryl/α,β-unsaturated/α-hetero) is 1. The summed E-state index contributed by atoms with van der Waals surface area (Å²) in [6.45, 7) is 5.97. The van der Waals surface area contributed by atoms with Crippen molar-refractivity contribution in [3.05, 3.63) is 47.2 Å². The lowest BCUT2D eigenvalue weighted by Crippen LogP contribution is -2.35. The summed E-state index contributed by atoms with van der Waals surface area (Å²) in [5.41, 5.74) is 0.284. The van der Waals surface area contributed by atoms with E-state index < -0.39 is 23.1 Å². The van der Waals surface area contributed by atoms with E-state index in [-0.39, 0.29) is 11.4 Å². The van der Waals surface area contributed by atoms with Crippen LogP contribution in [0.15, 0.2) is 41.7 Å². The lowest BCUT2D eigenvalue weighted by Gasteiger charge is -2.28. The molecule has 2 rings (SSSR count). The molecule has 0 saturated carbocycles. The van der Waals surface area contributed by atoms with Gasteiger partial charge in [-0.2, -0.15) is 0 Å². The molecule has 0 saturated heterocycles. The lowest BCUT2D eigenvalue weighted by molar-refractivity contribution is -0.130. The number of aliphatic hydroxyl groups excluding tert-OH is 1. The van der Waals surface area contributed by atoms with E-state index in [1.165, 1.54) is 4.90 Å². The summed E-state index contributed by atoms with van der Waals surface area (Å²) >= 11 is 0. The zero-order valence-corrected chi connectivity index (χ0v) is 14.0. The third-order valence-corrected chi connectivity index (χ3v) is 3.88. The molecule has 1 N–H and O–H groups in total. The fourth-order valence-electron chi connectivity index (χ4n) is 2.69. The van der Waals surface area contributed by atoms with Crippen molar-refractivity contribution in [1.82, 2.24) is 4.90 Å². The Kier molecular flexibility index (Phi) is 4.90. The van der Waals surface area contributed by atoms with Crippen molar-refractivity contribution in [2.75, 3.05) is 20.3 Å². The van der Waals surface area contributed by atoms with Crippen LogP contribution in [0.5, 0.6) is 0 Å². The highest BCUT2D eigenvalue weighted by molar-refractivity contribution is 6.10. The van der Waals surface area contributed by atoms with Gasteiger partial charge in [-0.25, -0.2) is 0 Å². The molecular weight excluding hydrogens is 294 g/mol. The number of ether oxygens (including phenoxy) is 1. The number of methoxy groups -OCH3 is 1. The Morgan fingerprint density at radius 3 is 2.39 bits per heavy atom. The maximum absolute atomic E-state index is 12.8. The average molecular weight is 317 g/mol. The summed E-state index contributed by atoms with van der Waals surface area (Å²) in [5, 5.41) is 10.3. The Bertz CT molecular complexity index is 628. The van der Waals surface area contributed by atoms with E-state index in [0.29, 0.717) is 13.2 Å². The van der Waals surface area contributed by atoms with E-state index in [0.717, 1.165) is 5.56 Å². The minimum absolute atomic E-state index is 0.171. The topological polar surface area (TPSA) is 66.8 Å². The molecule has 5 heteroatoms. The predicted molar refractivity (Wildman–Crippen MR) is 86.9 cm³/mol. The molecule has 1 aromatic carbocycles. The number of hydrogen-bond acceptors (Lipinski definition) is 4. The van der Waals surface area contributed by atoms with E-state index in [2.05, 4.69) is 0 Å². The first-order chi connectivity index (χ1) is 10.8. The van der Waals surface area contributed by atoms with Crippen molar-refractivity contribution in [2.24, 2.45) is 5.41 Å². The Hall–Kier alpha value is -2.14. The van der Waals surface area contributed by atoms with Gasteiger partial charge in [-0.3, -0.25) is 9.59 Å². The predicted octanol–water partition coefficient (Wildman–Crippen LogP) is 2.64. The van der Waals surface area contributed by atoms with E-state index in [1.54, 1.807) is 27.9 Å². The molecule has 1 aliphatic rings. The summed E-state index contributed by atoms with van der Waals surface area (Å²) < 4.78 is 5.06. The molecule has 1 aromatic rings. The molecule has 0 radical (unpaired) electrons. The third kappa shape index (κ3) is 3.29. The molecule has 23 heavy (non-hydrogen) atoms. The van der Waals surface area contributed by atoms with Gasteiger partial charge in [0.2, 0.25) is 0 Å². The van der Waals surface area contributed by atoms with Crippen LogP contribution in [0.1, 0.15) is 32.4 Å². The van der Waals surface area contributed by atoms with Crippen molar-refractivity contribution in [3.8, 4) is 0 Å². The van der Waals surface area contributed by atoms with Gasteiger partial charge in [0.05, 0.1) is 18.2 Å². The highest BCUT2D eigenvalue weighted by atomic mass is 16.5. The largest absolute Gasteiger partial charge is 0.503 e. The van der Waals surface area contributed by atoms with Gasteiger partial charge in [-0.15, -0.1) is 0 Å². The molecule has 1 atom stereocenters. The molecule has 0 spiro atoms. The van der Waals surface area contributed by atoms with Crippen LogP contribution in [0.25, 0.3) is 0 Å². The summed E-state index contributed by atoms with van der Waals surface area (Å²) in [6, 6.07) is 8.70. The Morgan fingerprint density at radius 1 is 1.26 bits per heavy atom. The summed E-state index contributed by atoms with van der Waals surface area (Å²) in [5.74, 6) is -1.20. The first kappa shape index (κ1) is 17.2. The highest BCUT2D eigenvalue weighted by Crippen LogP contribution is 2.40. The van der Waals surface area contributed by atoms with Crippen molar-refractivity contribution in [1.29, 1.82) is 0 Å². The second kappa shape index (κ2) is 6.54. The lowest BCUT2D eigenvalue weighted by atomic mass is 9.82. The Balaban J connectivity index is 2.52. The second-order valence-electron chi connectivity index (χ2n) is 6.65. The minimum atomic E-state index is -0.687. The summed E-state index contributed by atoms with van der Waals surface area (Å²) in [4.78, 5) is 26.7. The molecule has 1 aliphatic heterocycles. The SMILES string of the molecule is COCCN1C(=O)C(O)=C(C(=O)C(C)(C)C)C1c1ccccc1. The summed E-state index contributed by atoms with van der Waals surface area (Å²) in [7, 11) is 1.55. The molecule has 1 unspecified atom stereocenters. The van der Waals surface area contributed by atoms with Crippen LogP contribution in [0.2, 0.25) is 0 Å². The average Bonchev–Trinajstić information content (AvgIpc) is 2.76. The van der Waals surface area contributed by atoms with Crippen LogP contribution in [0.4, 0.5) is 0 Å². The standard InChI is InChI=1S/C18H23NO4/c1-18(2,3)16(21)13-14(12-8-6-5-7-9-12)19(10-11-23-4)17(22)15(13)20/h5-9,14,20H,10-11H2,1-4H3. The normalized spacial score (nSPS) is 18.7. The fourth-order valence-corrected chi connectivity index (χ4v) is 2.69. The van der Waals surface area contributed by atoms with E-state index in [1.807, 2.05) is 30.3 Å². The Morgan fingerprint density at radius 2 is 1.87 bits per heavy atom. The molecule has 1 heterocycles. The van der Waals surface area contributed by atoms with Crippen molar-refractivity contribution < 1.29 is 19.4 Å². The number of carbonyl (C=O) groups is 2. The molecule has 5 nitrogen and oxygen atoms in total. The van der Waals surface area contributed by atoms with Crippen molar-refractivity contribution in [3.63, 3.8) is 0 Å². The van der Waals surface area contributed by atoms with Gasteiger partial charge < -0.3 is 14.7 Å². The second-order valence-corrected chi connectivity index (χ2v) is 6.65. The summed E-state index contributed by atoms with van der Waals surface area (Å²) in [6.07, 6.45) is 0. The fraction of sp³-hybridized carbons (Fsp3) is 0.444. The molecule has 0 fully saturated rings. The number of hydrogen-bond donors (Lipinski definition) is 1. The zero-order chi connectivity index (χ0) is 17.2. The molecule has 0 aromatic heterocycles. The molecular formula is C18H23NO4. The van der Waals surface area contributed by atoms with Gasteiger partial charge in [0, 0.05) is 19.1 Å². The number of rotatable bonds is 5. The number of aliphatic hydroxyl groups is 1. The Labute approximate surface area is 136 Å². The number of benzene rings is 1. The van der Waals surface area contributed by atoms with Crippen LogP contribution < -0.4 is 0 Å². The van der Waals surface area contributed by atoms with Gasteiger partial charge >= 0.3 is 0 Å². The number of ketones is 1. The van der Waals surface area contributed by atoms with Gasteiger partial charge in [0.1, 0.15) is 0 Å². The van der Waals surface area contributed by atoms with Crippen LogP contribution in [-0.2, 0) is 14.3 Å². The first-order valence-corrected chi connectivity index (χ1v) is 7.61. The van der Waals surface area contributed by atoms with Crippen LogP contribution in [-0.4, -0.2) is 42.0 Å². The molecule has 1 amide bonds. The van der Waals surface area contributed by atoms with E-state index >= 15 is 0 Å². The zero-order valence-electron chi connectivity index (χ0n) is 14.0. The first-order valence-electron chi connectivity index (χ1n) is 7.61. The maximum Gasteiger partial charge on any atom is 0.290 e. The van der Waals surface area contributed by atoms with Gasteiger partial charge in [-0.1, -0.05) is 51.1 Å². The molecule has 0 aliphatic carbocycles. The smallest absolute Gasteiger partial charge is 0.290 e. The quantitative estimate of drug-likeness (QED) is 0.906. The van der Waals surface area contributed by atoms with Crippen molar-refractivity contribution in [2.45, 2.75) is 26.8 Å². The van der Waals surface area contributed by atoms with Gasteiger partial charge in [-0.05, 0) is 5.56 Å². The van der Waals surface area contributed by atoms with Crippen LogP contribution in [0, 0.1) is 5.41 Å². The van der Waals surface area contributed by atoms with E-state index in [4.69, 9.17) is 4.74 Å². The van der Waals surface area contributed by atoms with Crippen LogP contribution >= 0.6 is 0 Å². The molecule has 0 bridgehead atoms. The van der Waals surface area contributed by atoms with Crippen LogP contribution in [0.3, 0.4) is 0 Å². The maximum atomic E-state index is 12.8. The highest BCUT2D eigenvalue weighted by Gasteiger charge is 2.45. The monoisotopic (exact) mass is 317 g/mol. The number of carbonyl (C=O) groups excluding carboxylic acids is 2. The van der Waals surface area contributed by atoms with Gasteiger partial charge in [0.15, 0.2) is 11.5 Å².